The molecule has 1 saturated carbocycles. The Balaban J connectivity index is 0.00000161. The molecule has 0 aromatic heterocycles. The van der Waals surface area contributed by atoms with E-state index in [9.17, 15) is 4.79 Å². The van der Waals surface area contributed by atoms with Crippen molar-refractivity contribution < 1.29 is 9.53 Å². The highest BCUT2D eigenvalue weighted by Gasteiger charge is 2.40. The van der Waals surface area contributed by atoms with E-state index in [1.165, 1.54) is 5.56 Å². The minimum atomic E-state index is -0.393. The van der Waals surface area contributed by atoms with Gasteiger partial charge in [-0.3, -0.25) is 4.79 Å². The SMILES string of the molecule is Cl.NC(C(=O)NC1CC1c1ccccc1)C1CCOCC1. The summed E-state index contributed by atoms with van der Waals surface area (Å²) in [7, 11) is 0. The number of ether oxygens (including phenoxy) is 1. The average Bonchev–Trinajstić information content (AvgIpc) is 3.27. The van der Waals surface area contributed by atoms with Crippen LogP contribution in [0.25, 0.3) is 0 Å². The number of nitrogens with one attached hydrogen (secondary N) is 1. The topological polar surface area (TPSA) is 64.4 Å². The Bertz CT molecular complexity index is 463. The molecule has 1 amide bonds. The van der Waals surface area contributed by atoms with Gasteiger partial charge in [0.1, 0.15) is 0 Å². The van der Waals surface area contributed by atoms with Crippen molar-refractivity contribution in [3.63, 3.8) is 0 Å². The third-order valence-electron chi connectivity index (χ3n) is 4.42. The van der Waals surface area contributed by atoms with Gasteiger partial charge < -0.3 is 15.8 Å². The molecule has 21 heavy (non-hydrogen) atoms. The Kier molecular flexibility index (Phi) is 5.62. The lowest BCUT2D eigenvalue weighted by Crippen LogP contribution is -2.47. The summed E-state index contributed by atoms with van der Waals surface area (Å²) in [4.78, 5) is 12.2. The average molecular weight is 311 g/mol. The van der Waals surface area contributed by atoms with Gasteiger partial charge in [-0.15, -0.1) is 12.4 Å². The van der Waals surface area contributed by atoms with Crippen LogP contribution in [0.3, 0.4) is 0 Å². The van der Waals surface area contributed by atoms with Gasteiger partial charge >= 0.3 is 0 Å². The van der Waals surface area contributed by atoms with Crippen LogP contribution in [-0.4, -0.2) is 31.2 Å². The monoisotopic (exact) mass is 310 g/mol. The fraction of sp³-hybridized carbons (Fsp3) is 0.562. The minimum Gasteiger partial charge on any atom is -0.381 e. The number of halogens is 1. The first-order valence-corrected chi connectivity index (χ1v) is 7.44. The van der Waals surface area contributed by atoms with Crippen molar-refractivity contribution in [2.75, 3.05) is 13.2 Å². The normalized spacial score (nSPS) is 26.5. The van der Waals surface area contributed by atoms with Gasteiger partial charge in [-0.2, -0.15) is 0 Å². The quantitative estimate of drug-likeness (QED) is 0.892. The molecule has 5 heteroatoms. The van der Waals surface area contributed by atoms with Crippen LogP contribution in [0.15, 0.2) is 30.3 Å². The van der Waals surface area contributed by atoms with Crippen molar-refractivity contribution in [1.82, 2.24) is 5.32 Å². The molecule has 1 heterocycles. The molecule has 1 aliphatic heterocycles. The Labute approximate surface area is 131 Å². The fourth-order valence-corrected chi connectivity index (χ4v) is 2.99. The molecule has 116 valence electrons. The van der Waals surface area contributed by atoms with E-state index >= 15 is 0 Å². The van der Waals surface area contributed by atoms with Crippen LogP contribution in [0.4, 0.5) is 0 Å². The summed E-state index contributed by atoms with van der Waals surface area (Å²) in [6.07, 6.45) is 2.80. The highest BCUT2D eigenvalue weighted by Crippen LogP contribution is 2.40. The molecule has 1 aromatic rings. The number of nitrogens with two attached hydrogens (primary N) is 1. The first-order valence-electron chi connectivity index (χ1n) is 7.44. The number of carbonyl (C=O) groups excluding carboxylic acids is 1. The van der Waals surface area contributed by atoms with Crippen LogP contribution in [-0.2, 0) is 9.53 Å². The molecule has 0 radical (unpaired) electrons. The molecule has 2 fully saturated rings. The van der Waals surface area contributed by atoms with Crippen LogP contribution >= 0.6 is 12.4 Å². The maximum absolute atomic E-state index is 12.2. The predicted molar refractivity (Wildman–Crippen MR) is 84.5 cm³/mol. The molecule has 1 aromatic carbocycles. The fourth-order valence-electron chi connectivity index (χ4n) is 2.99. The standard InChI is InChI=1S/C16H22N2O2.ClH/c17-15(12-6-8-20-9-7-12)16(19)18-14-10-13(14)11-4-2-1-3-5-11;/h1-5,12-15H,6-10,17H2,(H,18,19);1H. The van der Waals surface area contributed by atoms with E-state index in [1.807, 2.05) is 18.2 Å². The number of carbonyl (C=O) groups is 1. The molecule has 1 saturated heterocycles. The van der Waals surface area contributed by atoms with Crippen LogP contribution in [0.2, 0.25) is 0 Å². The lowest BCUT2D eigenvalue weighted by molar-refractivity contribution is -0.124. The largest absolute Gasteiger partial charge is 0.381 e. The number of hydrogen-bond donors (Lipinski definition) is 2. The highest BCUT2D eigenvalue weighted by atomic mass is 35.5. The second-order valence-electron chi connectivity index (χ2n) is 5.84. The number of amides is 1. The van der Waals surface area contributed by atoms with Crippen LogP contribution in [0.1, 0.15) is 30.7 Å². The molecule has 3 rings (SSSR count). The minimum absolute atomic E-state index is 0. The van der Waals surface area contributed by atoms with Gasteiger partial charge in [0.15, 0.2) is 0 Å². The highest BCUT2D eigenvalue weighted by molar-refractivity contribution is 5.85. The van der Waals surface area contributed by atoms with Gasteiger partial charge in [-0.05, 0) is 30.7 Å². The van der Waals surface area contributed by atoms with Crippen LogP contribution in [0, 0.1) is 5.92 Å². The van der Waals surface area contributed by atoms with E-state index < -0.39 is 6.04 Å². The van der Waals surface area contributed by atoms with Crippen molar-refractivity contribution >= 4 is 18.3 Å². The zero-order valence-corrected chi connectivity index (χ0v) is 12.9. The van der Waals surface area contributed by atoms with E-state index in [2.05, 4.69) is 17.4 Å². The molecule has 0 bridgehead atoms. The third kappa shape index (κ3) is 3.96. The molecule has 1 aliphatic carbocycles. The van der Waals surface area contributed by atoms with Gasteiger partial charge in [-0.25, -0.2) is 0 Å². The Morgan fingerprint density at radius 3 is 2.57 bits per heavy atom. The van der Waals surface area contributed by atoms with Crippen molar-refractivity contribution in [1.29, 1.82) is 0 Å². The molecule has 3 N–H and O–H groups in total. The van der Waals surface area contributed by atoms with E-state index in [0.717, 1.165) is 32.5 Å². The van der Waals surface area contributed by atoms with Crippen molar-refractivity contribution in [3.8, 4) is 0 Å². The van der Waals surface area contributed by atoms with E-state index in [0.29, 0.717) is 5.92 Å². The summed E-state index contributed by atoms with van der Waals surface area (Å²) in [5.74, 6) is 0.722. The summed E-state index contributed by atoms with van der Waals surface area (Å²) in [6.45, 7) is 1.45. The smallest absolute Gasteiger partial charge is 0.237 e. The lowest BCUT2D eigenvalue weighted by atomic mass is 9.92. The summed E-state index contributed by atoms with van der Waals surface area (Å²) >= 11 is 0. The van der Waals surface area contributed by atoms with Gasteiger partial charge in [0.25, 0.3) is 0 Å². The number of rotatable bonds is 4. The maximum atomic E-state index is 12.2. The van der Waals surface area contributed by atoms with Crippen LogP contribution in [0.5, 0.6) is 0 Å². The Hall–Kier alpha value is -1.10. The second-order valence-corrected chi connectivity index (χ2v) is 5.84. The van der Waals surface area contributed by atoms with Crippen molar-refractivity contribution in [2.45, 2.75) is 37.3 Å². The molecule has 4 nitrogen and oxygen atoms in total. The number of benzene rings is 1. The lowest BCUT2D eigenvalue weighted by Gasteiger charge is -2.26. The zero-order chi connectivity index (χ0) is 13.9. The van der Waals surface area contributed by atoms with E-state index in [1.54, 1.807) is 0 Å². The molecule has 3 atom stereocenters. The number of hydrogen-bond acceptors (Lipinski definition) is 3. The molecule has 0 spiro atoms. The molecule has 2 aliphatic rings. The Morgan fingerprint density at radius 2 is 1.90 bits per heavy atom. The zero-order valence-electron chi connectivity index (χ0n) is 12.0. The molecular weight excluding hydrogens is 288 g/mol. The summed E-state index contributed by atoms with van der Waals surface area (Å²) < 4.78 is 5.31. The summed E-state index contributed by atoms with van der Waals surface area (Å²) in [5.41, 5.74) is 7.39. The summed E-state index contributed by atoms with van der Waals surface area (Å²) in [6, 6.07) is 10.2. The molecular formula is C16H23ClN2O2. The predicted octanol–water partition coefficient (Wildman–Crippen LogP) is 1.83. The van der Waals surface area contributed by atoms with Gasteiger partial charge in [0.2, 0.25) is 5.91 Å². The van der Waals surface area contributed by atoms with Crippen molar-refractivity contribution in [2.24, 2.45) is 11.7 Å². The second kappa shape index (κ2) is 7.25. The van der Waals surface area contributed by atoms with Gasteiger partial charge in [0, 0.05) is 25.2 Å². The van der Waals surface area contributed by atoms with Crippen LogP contribution < -0.4 is 11.1 Å². The maximum Gasteiger partial charge on any atom is 0.237 e. The van der Waals surface area contributed by atoms with Gasteiger partial charge in [0.05, 0.1) is 6.04 Å². The first kappa shape index (κ1) is 16.3. The van der Waals surface area contributed by atoms with E-state index in [-0.39, 0.29) is 30.3 Å². The van der Waals surface area contributed by atoms with Gasteiger partial charge in [-0.1, -0.05) is 30.3 Å². The van der Waals surface area contributed by atoms with E-state index in [4.69, 9.17) is 10.5 Å². The first-order chi connectivity index (χ1) is 9.75. The van der Waals surface area contributed by atoms with Crippen molar-refractivity contribution in [3.05, 3.63) is 35.9 Å². The third-order valence-corrected chi connectivity index (χ3v) is 4.42. The Morgan fingerprint density at radius 1 is 1.24 bits per heavy atom. The molecule has 3 unspecified atom stereocenters. The summed E-state index contributed by atoms with van der Waals surface area (Å²) in [5, 5.41) is 3.09.